The summed E-state index contributed by atoms with van der Waals surface area (Å²) < 4.78 is 5.94. The number of nitrogens with one attached hydrogen (secondary N) is 1. The van der Waals surface area contributed by atoms with Gasteiger partial charge in [0.05, 0.1) is 11.8 Å². The van der Waals surface area contributed by atoms with Crippen molar-refractivity contribution in [1.82, 2.24) is 10.3 Å². The number of pyridine rings is 1. The van der Waals surface area contributed by atoms with Crippen LogP contribution >= 0.6 is 0 Å². The van der Waals surface area contributed by atoms with Crippen LogP contribution in [0, 0.1) is 0 Å². The molecule has 19 heavy (non-hydrogen) atoms. The third-order valence-electron chi connectivity index (χ3n) is 3.03. The van der Waals surface area contributed by atoms with Crippen LogP contribution in [0.5, 0.6) is 5.88 Å². The highest BCUT2D eigenvalue weighted by Gasteiger charge is 2.18. The molecule has 0 fully saturated rings. The van der Waals surface area contributed by atoms with Gasteiger partial charge in [-0.25, -0.2) is 4.98 Å². The molecule has 0 saturated heterocycles. The van der Waals surface area contributed by atoms with Gasteiger partial charge in [-0.1, -0.05) is 34.1 Å². The molecule has 1 atom stereocenters. The molecule has 0 aliphatic rings. The number of rotatable bonds is 6. The van der Waals surface area contributed by atoms with Gasteiger partial charge in [-0.2, -0.15) is 0 Å². The van der Waals surface area contributed by atoms with Gasteiger partial charge in [0.15, 0.2) is 0 Å². The molecule has 1 unspecified atom stereocenters. The van der Waals surface area contributed by atoms with E-state index in [0.29, 0.717) is 0 Å². The number of hydrogen-bond acceptors (Lipinski definition) is 3. The Bertz CT molecular complexity index is 396. The summed E-state index contributed by atoms with van der Waals surface area (Å²) in [6.45, 7) is 11.6. The molecule has 0 spiro atoms. The molecule has 1 N–H and O–H groups in total. The summed E-state index contributed by atoms with van der Waals surface area (Å²) in [6, 6.07) is 4.20. The van der Waals surface area contributed by atoms with Gasteiger partial charge in [-0.05, 0) is 32.0 Å². The van der Waals surface area contributed by atoms with E-state index in [4.69, 9.17) is 4.74 Å². The standard InChI is InChI=1S/C16H28N2O/c1-7-8-12(2)19-15-10-13(11-17-6)9-14(18-15)16(3,4)5/h9-10,12,17H,7-8,11H2,1-6H3. The minimum absolute atomic E-state index is 0.0376. The Hall–Kier alpha value is -1.09. The zero-order valence-electron chi connectivity index (χ0n) is 13.2. The van der Waals surface area contributed by atoms with E-state index >= 15 is 0 Å². The van der Waals surface area contributed by atoms with Gasteiger partial charge in [0.1, 0.15) is 0 Å². The summed E-state index contributed by atoms with van der Waals surface area (Å²) in [7, 11) is 1.96. The molecule has 0 saturated carbocycles. The predicted octanol–water partition coefficient (Wildman–Crippen LogP) is 3.67. The van der Waals surface area contributed by atoms with Crippen molar-refractivity contribution in [3.8, 4) is 5.88 Å². The second-order valence-electron chi connectivity index (χ2n) is 6.20. The quantitative estimate of drug-likeness (QED) is 0.851. The van der Waals surface area contributed by atoms with Crippen LogP contribution in [0.2, 0.25) is 0 Å². The molecule has 0 bridgehead atoms. The van der Waals surface area contributed by atoms with Gasteiger partial charge in [0.2, 0.25) is 5.88 Å². The van der Waals surface area contributed by atoms with E-state index in [0.717, 1.165) is 31.0 Å². The van der Waals surface area contributed by atoms with Crippen LogP contribution in [0.25, 0.3) is 0 Å². The zero-order valence-corrected chi connectivity index (χ0v) is 13.2. The molecular weight excluding hydrogens is 236 g/mol. The van der Waals surface area contributed by atoms with E-state index in [9.17, 15) is 0 Å². The lowest BCUT2D eigenvalue weighted by Gasteiger charge is -2.21. The van der Waals surface area contributed by atoms with Crippen LogP contribution in [-0.4, -0.2) is 18.1 Å². The summed E-state index contributed by atoms with van der Waals surface area (Å²) in [5.74, 6) is 0.749. The molecule has 0 aliphatic carbocycles. The van der Waals surface area contributed by atoms with Crippen molar-refractivity contribution in [2.75, 3.05) is 7.05 Å². The number of ether oxygens (including phenoxy) is 1. The van der Waals surface area contributed by atoms with Crippen molar-refractivity contribution >= 4 is 0 Å². The Labute approximate surface area is 117 Å². The van der Waals surface area contributed by atoms with Crippen molar-refractivity contribution in [3.05, 3.63) is 23.4 Å². The molecule has 1 aromatic rings. The normalized spacial score (nSPS) is 13.4. The maximum absolute atomic E-state index is 5.94. The van der Waals surface area contributed by atoms with Crippen molar-refractivity contribution in [2.45, 2.75) is 65.5 Å². The molecule has 3 heteroatoms. The topological polar surface area (TPSA) is 34.1 Å². The lowest BCUT2D eigenvalue weighted by molar-refractivity contribution is 0.200. The molecule has 1 heterocycles. The van der Waals surface area contributed by atoms with Crippen molar-refractivity contribution < 1.29 is 4.74 Å². The molecule has 0 amide bonds. The average Bonchev–Trinajstić information content (AvgIpc) is 2.28. The van der Waals surface area contributed by atoms with Crippen LogP contribution in [0.3, 0.4) is 0 Å². The third kappa shape index (κ3) is 5.19. The molecule has 1 rings (SSSR count). The van der Waals surface area contributed by atoms with Gasteiger partial charge < -0.3 is 10.1 Å². The van der Waals surface area contributed by atoms with Gasteiger partial charge >= 0.3 is 0 Å². The summed E-state index contributed by atoms with van der Waals surface area (Å²) in [4.78, 5) is 4.66. The summed E-state index contributed by atoms with van der Waals surface area (Å²) in [6.07, 6.45) is 2.40. The van der Waals surface area contributed by atoms with Crippen LogP contribution in [0.1, 0.15) is 58.7 Å². The Morgan fingerprint density at radius 2 is 2.00 bits per heavy atom. The maximum Gasteiger partial charge on any atom is 0.214 e. The summed E-state index contributed by atoms with van der Waals surface area (Å²) >= 11 is 0. The van der Waals surface area contributed by atoms with Crippen LogP contribution in [-0.2, 0) is 12.0 Å². The highest BCUT2D eigenvalue weighted by atomic mass is 16.5. The van der Waals surface area contributed by atoms with Gasteiger partial charge in [-0.15, -0.1) is 0 Å². The molecular formula is C16H28N2O. The first-order valence-electron chi connectivity index (χ1n) is 7.19. The van der Waals surface area contributed by atoms with E-state index in [1.165, 1.54) is 5.56 Å². The number of hydrogen-bond donors (Lipinski definition) is 1. The Morgan fingerprint density at radius 3 is 2.53 bits per heavy atom. The van der Waals surface area contributed by atoms with E-state index in [1.807, 2.05) is 13.1 Å². The lowest BCUT2D eigenvalue weighted by Crippen LogP contribution is -2.18. The maximum atomic E-state index is 5.94. The number of nitrogens with zero attached hydrogens (tertiary/aromatic N) is 1. The van der Waals surface area contributed by atoms with E-state index in [2.05, 4.69) is 51.0 Å². The van der Waals surface area contributed by atoms with E-state index in [-0.39, 0.29) is 11.5 Å². The van der Waals surface area contributed by atoms with Gasteiger partial charge in [0.25, 0.3) is 0 Å². The van der Waals surface area contributed by atoms with E-state index < -0.39 is 0 Å². The molecule has 3 nitrogen and oxygen atoms in total. The van der Waals surface area contributed by atoms with Crippen LogP contribution in [0.4, 0.5) is 0 Å². The Morgan fingerprint density at radius 1 is 1.32 bits per heavy atom. The zero-order chi connectivity index (χ0) is 14.5. The Kier molecular flexibility index (Phi) is 5.80. The molecule has 108 valence electrons. The highest BCUT2D eigenvalue weighted by Crippen LogP contribution is 2.25. The molecule has 0 aromatic carbocycles. The van der Waals surface area contributed by atoms with Gasteiger partial charge in [0, 0.05) is 18.0 Å². The monoisotopic (exact) mass is 264 g/mol. The third-order valence-corrected chi connectivity index (χ3v) is 3.03. The summed E-state index contributed by atoms with van der Waals surface area (Å²) in [5.41, 5.74) is 2.34. The predicted molar refractivity (Wildman–Crippen MR) is 80.7 cm³/mol. The molecule has 0 radical (unpaired) electrons. The lowest BCUT2D eigenvalue weighted by atomic mass is 9.91. The fourth-order valence-corrected chi connectivity index (χ4v) is 1.98. The minimum Gasteiger partial charge on any atom is -0.475 e. The highest BCUT2D eigenvalue weighted by molar-refractivity contribution is 5.28. The fourth-order valence-electron chi connectivity index (χ4n) is 1.98. The number of aromatic nitrogens is 1. The van der Waals surface area contributed by atoms with Gasteiger partial charge in [-0.3, -0.25) is 0 Å². The molecule has 0 aliphatic heterocycles. The first-order chi connectivity index (χ1) is 8.86. The summed E-state index contributed by atoms with van der Waals surface area (Å²) in [5, 5.41) is 3.19. The van der Waals surface area contributed by atoms with Crippen molar-refractivity contribution in [1.29, 1.82) is 0 Å². The average molecular weight is 264 g/mol. The van der Waals surface area contributed by atoms with Crippen LogP contribution < -0.4 is 10.1 Å². The molecule has 1 aromatic heterocycles. The SMILES string of the molecule is CCCC(C)Oc1cc(CNC)cc(C(C)(C)C)n1. The Balaban J connectivity index is 2.99. The second kappa shape index (κ2) is 6.90. The second-order valence-corrected chi connectivity index (χ2v) is 6.20. The first kappa shape index (κ1) is 16.0. The fraction of sp³-hybridized carbons (Fsp3) is 0.688. The first-order valence-corrected chi connectivity index (χ1v) is 7.19. The van der Waals surface area contributed by atoms with E-state index in [1.54, 1.807) is 0 Å². The van der Waals surface area contributed by atoms with Crippen LogP contribution in [0.15, 0.2) is 12.1 Å². The van der Waals surface area contributed by atoms with Crippen molar-refractivity contribution in [3.63, 3.8) is 0 Å². The smallest absolute Gasteiger partial charge is 0.214 e. The van der Waals surface area contributed by atoms with Crippen molar-refractivity contribution in [2.24, 2.45) is 0 Å². The minimum atomic E-state index is 0.0376. The largest absolute Gasteiger partial charge is 0.475 e.